The molecule has 0 N–H and O–H groups in total. The number of carbonyl (C=O) groups is 1. The fourth-order valence-electron chi connectivity index (χ4n) is 2.45. The van der Waals surface area contributed by atoms with Crippen molar-refractivity contribution in [3.63, 3.8) is 0 Å². The van der Waals surface area contributed by atoms with Crippen molar-refractivity contribution in [3.8, 4) is 11.1 Å². The minimum Gasteiger partial charge on any atom is -0.461 e. The zero-order valence-electron chi connectivity index (χ0n) is 12.0. The third-order valence-electron chi connectivity index (χ3n) is 3.44. The van der Waals surface area contributed by atoms with Crippen molar-refractivity contribution in [2.24, 2.45) is 7.05 Å². The summed E-state index contributed by atoms with van der Waals surface area (Å²) in [5.41, 5.74) is 4.81. The van der Waals surface area contributed by atoms with Crippen LogP contribution in [0.3, 0.4) is 0 Å². The van der Waals surface area contributed by atoms with Gasteiger partial charge in [0.15, 0.2) is 0 Å². The molecule has 3 aromatic rings. The summed E-state index contributed by atoms with van der Waals surface area (Å²) in [5.74, 6) is 0. The number of rotatable bonds is 5. The Bertz CT molecular complexity index is 829. The molecular formula is C16H14BrN3O2. The summed E-state index contributed by atoms with van der Waals surface area (Å²) in [6.45, 7) is 0.604. The number of carbonyl (C=O) groups excluding carboxylic acids is 1. The Morgan fingerprint density at radius 2 is 2.14 bits per heavy atom. The lowest BCUT2D eigenvalue weighted by Gasteiger charge is -2.10. The van der Waals surface area contributed by atoms with Crippen LogP contribution in [0, 0.1) is 0 Å². The van der Waals surface area contributed by atoms with E-state index in [1.165, 1.54) is 0 Å². The Labute approximate surface area is 136 Å². The highest BCUT2D eigenvalue weighted by molar-refractivity contribution is 9.08. The van der Waals surface area contributed by atoms with Crippen molar-refractivity contribution >= 4 is 33.3 Å². The SMILES string of the molecule is Cn1cc(-c2c(CBr)ccc3ccc(COC=O)nc23)cn1. The van der Waals surface area contributed by atoms with Gasteiger partial charge in [0.1, 0.15) is 6.61 Å². The number of nitrogens with zero attached hydrogens (tertiary/aromatic N) is 3. The van der Waals surface area contributed by atoms with E-state index in [2.05, 4.69) is 32.1 Å². The van der Waals surface area contributed by atoms with Gasteiger partial charge in [0.25, 0.3) is 6.47 Å². The first-order valence-corrected chi connectivity index (χ1v) is 7.87. The van der Waals surface area contributed by atoms with Gasteiger partial charge in [-0.25, -0.2) is 4.98 Å². The first kappa shape index (κ1) is 14.7. The van der Waals surface area contributed by atoms with Crippen LogP contribution in [0.25, 0.3) is 22.0 Å². The van der Waals surface area contributed by atoms with Crippen molar-refractivity contribution in [2.45, 2.75) is 11.9 Å². The third-order valence-corrected chi connectivity index (χ3v) is 4.05. The first-order valence-electron chi connectivity index (χ1n) is 6.74. The Hall–Kier alpha value is -2.21. The maximum Gasteiger partial charge on any atom is 0.293 e. The van der Waals surface area contributed by atoms with Crippen molar-refractivity contribution in [2.75, 3.05) is 0 Å². The minimum atomic E-state index is 0.171. The van der Waals surface area contributed by atoms with E-state index in [1.807, 2.05) is 37.6 Å². The van der Waals surface area contributed by atoms with E-state index >= 15 is 0 Å². The molecule has 0 radical (unpaired) electrons. The lowest BCUT2D eigenvalue weighted by atomic mass is 9.99. The summed E-state index contributed by atoms with van der Waals surface area (Å²) >= 11 is 3.53. The lowest BCUT2D eigenvalue weighted by Crippen LogP contribution is -1.97. The molecule has 0 unspecified atom stereocenters. The van der Waals surface area contributed by atoms with Crippen molar-refractivity contribution in [1.82, 2.24) is 14.8 Å². The zero-order valence-corrected chi connectivity index (χ0v) is 13.6. The molecule has 0 aliphatic carbocycles. The molecule has 3 rings (SSSR count). The van der Waals surface area contributed by atoms with Gasteiger partial charge in [0.05, 0.1) is 17.4 Å². The van der Waals surface area contributed by atoms with Gasteiger partial charge < -0.3 is 4.74 Å². The second-order valence-electron chi connectivity index (χ2n) is 4.92. The van der Waals surface area contributed by atoms with Crippen LogP contribution < -0.4 is 0 Å². The maximum absolute atomic E-state index is 10.4. The molecule has 1 aromatic carbocycles. The third kappa shape index (κ3) is 2.74. The molecule has 0 aliphatic heterocycles. The van der Waals surface area contributed by atoms with E-state index < -0.39 is 0 Å². The van der Waals surface area contributed by atoms with Gasteiger partial charge in [-0.2, -0.15) is 5.10 Å². The van der Waals surface area contributed by atoms with E-state index in [0.29, 0.717) is 6.47 Å². The fraction of sp³-hybridized carbons (Fsp3) is 0.188. The van der Waals surface area contributed by atoms with E-state index in [-0.39, 0.29) is 6.61 Å². The van der Waals surface area contributed by atoms with E-state index in [4.69, 9.17) is 4.74 Å². The number of ether oxygens (including phenoxy) is 1. The quantitative estimate of drug-likeness (QED) is 0.518. The van der Waals surface area contributed by atoms with Gasteiger partial charge in [-0.05, 0) is 11.6 Å². The molecule has 112 valence electrons. The Morgan fingerprint density at radius 1 is 1.32 bits per heavy atom. The second-order valence-corrected chi connectivity index (χ2v) is 5.48. The van der Waals surface area contributed by atoms with Crippen LogP contribution in [-0.4, -0.2) is 21.2 Å². The fourth-order valence-corrected chi connectivity index (χ4v) is 2.92. The average molecular weight is 360 g/mol. The van der Waals surface area contributed by atoms with Gasteiger partial charge in [-0.3, -0.25) is 9.48 Å². The van der Waals surface area contributed by atoms with Crippen LogP contribution in [0.4, 0.5) is 0 Å². The number of alkyl halides is 1. The standard InChI is InChI=1S/C16H14BrN3O2/c1-20-8-13(7-18-20)15-12(6-17)3-2-11-4-5-14(9-22-10-21)19-16(11)15/h2-5,7-8,10H,6,9H2,1H3. The zero-order chi connectivity index (χ0) is 15.5. The number of pyridine rings is 1. The van der Waals surface area contributed by atoms with Crippen LogP contribution in [0.5, 0.6) is 0 Å². The lowest BCUT2D eigenvalue weighted by molar-refractivity contribution is -0.129. The number of aryl methyl sites for hydroxylation is 1. The van der Waals surface area contributed by atoms with Crippen LogP contribution in [-0.2, 0) is 28.5 Å². The van der Waals surface area contributed by atoms with Crippen molar-refractivity contribution < 1.29 is 9.53 Å². The van der Waals surface area contributed by atoms with Gasteiger partial charge >= 0.3 is 0 Å². The molecule has 0 bridgehead atoms. The molecule has 5 nitrogen and oxygen atoms in total. The predicted octanol–water partition coefficient (Wildman–Crippen LogP) is 3.20. The van der Waals surface area contributed by atoms with Gasteiger partial charge in [0, 0.05) is 35.1 Å². The number of halogens is 1. The summed E-state index contributed by atoms with van der Waals surface area (Å²) in [4.78, 5) is 15.0. The molecule has 6 heteroatoms. The van der Waals surface area contributed by atoms with E-state index in [9.17, 15) is 4.79 Å². The summed E-state index contributed by atoms with van der Waals surface area (Å²) in [6.07, 6.45) is 3.80. The number of aromatic nitrogens is 3. The van der Waals surface area contributed by atoms with Crippen molar-refractivity contribution in [3.05, 3.63) is 47.9 Å². The maximum atomic E-state index is 10.4. The van der Waals surface area contributed by atoms with Gasteiger partial charge in [-0.15, -0.1) is 0 Å². The van der Waals surface area contributed by atoms with Gasteiger partial charge in [-0.1, -0.05) is 34.1 Å². The Balaban J connectivity index is 2.22. The first-order chi connectivity index (χ1) is 10.7. The molecule has 2 heterocycles. The minimum absolute atomic E-state index is 0.171. The Morgan fingerprint density at radius 3 is 2.82 bits per heavy atom. The summed E-state index contributed by atoms with van der Waals surface area (Å²) in [5, 5.41) is 6.02. The predicted molar refractivity (Wildman–Crippen MR) is 87.4 cm³/mol. The highest BCUT2D eigenvalue weighted by Gasteiger charge is 2.13. The van der Waals surface area contributed by atoms with Crippen LogP contribution >= 0.6 is 15.9 Å². The summed E-state index contributed by atoms with van der Waals surface area (Å²) < 4.78 is 6.58. The smallest absolute Gasteiger partial charge is 0.293 e. The number of hydrogen-bond acceptors (Lipinski definition) is 4. The topological polar surface area (TPSA) is 57.0 Å². The Kier molecular flexibility index (Phi) is 4.20. The second kappa shape index (κ2) is 6.27. The molecule has 0 saturated carbocycles. The molecule has 2 aromatic heterocycles. The number of hydrogen-bond donors (Lipinski definition) is 0. The monoisotopic (exact) mass is 359 g/mol. The van der Waals surface area contributed by atoms with Crippen LogP contribution in [0.1, 0.15) is 11.3 Å². The molecule has 0 spiro atoms. The highest BCUT2D eigenvalue weighted by atomic mass is 79.9. The summed E-state index contributed by atoms with van der Waals surface area (Å²) in [6, 6.07) is 7.99. The molecule has 0 atom stereocenters. The number of fused-ring (bicyclic) bond motifs is 1. The molecular weight excluding hydrogens is 346 g/mol. The molecule has 0 aliphatic rings. The van der Waals surface area contributed by atoms with E-state index in [0.717, 1.165) is 38.6 Å². The van der Waals surface area contributed by atoms with E-state index in [1.54, 1.807) is 4.68 Å². The summed E-state index contributed by atoms with van der Waals surface area (Å²) in [7, 11) is 1.89. The van der Waals surface area contributed by atoms with Crippen LogP contribution in [0.15, 0.2) is 36.7 Å². The number of benzene rings is 1. The molecule has 0 amide bonds. The van der Waals surface area contributed by atoms with Crippen molar-refractivity contribution in [1.29, 1.82) is 0 Å². The van der Waals surface area contributed by atoms with Crippen LogP contribution in [0.2, 0.25) is 0 Å². The highest BCUT2D eigenvalue weighted by Crippen LogP contribution is 2.32. The van der Waals surface area contributed by atoms with Gasteiger partial charge in [0.2, 0.25) is 0 Å². The molecule has 22 heavy (non-hydrogen) atoms. The normalized spacial score (nSPS) is 10.8. The molecule has 0 saturated heterocycles. The largest absolute Gasteiger partial charge is 0.461 e. The average Bonchev–Trinajstić information content (AvgIpc) is 2.97. The molecule has 0 fully saturated rings.